The predicted octanol–water partition coefficient (Wildman–Crippen LogP) is 2.87. The van der Waals surface area contributed by atoms with Gasteiger partial charge in [0, 0.05) is 44.0 Å². The largest absolute Gasteiger partial charge is 0.494 e. The maximum atomic E-state index is 12.6. The summed E-state index contributed by atoms with van der Waals surface area (Å²) < 4.78 is 5.37. The summed E-state index contributed by atoms with van der Waals surface area (Å²) in [6.45, 7) is 2.44. The molecule has 2 heterocycles. The quantitative estimate of drug-likeness (QED) is 0.716. The zero-order valence-electron chi connectivity index (χ0n) is 14.6. The van der Waals surface area contributed by atoms with E-state index in [1.807, 2.05) is 31.2 Å². The monoisotopic (exact) mass is 336 g/mol. The summed E-state index contributed by atoms with van der Waals surface area (Å²) in [5.74, 6) is 1.33. The standard InChI is InChI=1S/C19H20N4O2/c1-4-17-21-10-14(11-22-17)19(24)23(2)12-13-7-8-16(25-3)18-15(13)6-5-9-20-18/h5-11H,4,12H2,1-3H3. The van der Waals surface area contributed by atoms with Gasteiger partial charge in [0.1, 0.15) is 17.1 Å². The van der Waals surface area contributed by atoms with Gasteiger partial charge in [-0.05, 0) is 17.7 Å². The first-order chi connectivity index (χ1) is 12.1. The molecule has 6 heteroatoms. The summed E-state index contributed by atoms with van der Waals surface area (Å²) in [6, 6.07) is 7.70. The molecule has 0 aliphatic rings. The third-order valence-corrected chi connectivity index (χ3v) is 4.07. The Kier molecular flexibility index (Phi) is 4.88. The van der Waals surface area contributed by atoms with E-state index in [1.54, 1.807) is 37.6 Å². The van der Waals surface area contributed by atoms with Gasteiger partial charge in [-0.2, -0.15) is 0 Å². The number of fused-ring (bicyclic) bond motifs is 1. The second kappa shape index (κ2) is 7.25. The second-order valence-corrected chi connectivity index (χ2v) is 5.73. The number of aromatic nitrogens is 3. The zero-order chi connectivity index (χ0) is 17.8. The zero-order valence-corrected chi connectivity index (χ0v) is 14.6. The number of amides is 1. The summed E-state index contributed by atoms with van der Waals surface area (Å²) in [5.41, 5.74) is 2.28. The minimum absolute atomic E-state index is 0.115. The van der Waals surface area contributed by atoms with E-state index in [4.69, 9.17) is 4.74 Å². The molecule has 0 spiro atoms. The van der Waals surface area contributed by atoms with Crippen LogP contribution in [0.4, 0.5) is 0 Å². The molecule has 0 radical (unpaired) electrons. The van der Waals surface area contributed by atoms with Gasteiger partial charge in [0.05, 0.1) is 12.7 Å². The molecule has 0 aliphatic carbocycles. The number of ether oxygens (including phenoxy) is 1. The summed E-state index contributed by atoms with van der Waals surface area (Å²) in [7, 11) is 3.39. The minimum Gasteiger partial charge on any atom is -0.494 e. The number of benzene rings is 1. The van der Waals surface area contributed by atoms with E-state index in [0.717, 1.165) is 34.5 Å². The Morgan fingerprint density at radius 2 is 1.92 bits per heavy atom. The number of hydrogen-bond donors (Lipinski definition) is 0. The van der Waals surface area contributed by atoms with E-state index in [2.05, 4.69) is 15.0 Å². The van der Waals surface area contributed by atoms with Gasteiger partial charge in [-0.15, -0.1) is 0 Å². The van der Waals surface area contributed by atoms with Crippen molar-refractivity contribution in [2.45, 2.75) is 19.9 Å². The molecular weight excluding hydrogens is 316 g/mol. The van der Waals surface area contributed by atoms with Gasteiger partial charge >= 0.3 is 0 Å². The molecule has 25 heavy (non-hydrogen) atoms. The van der Waals surface area contributed by atoms with Crippen molar-refractivity contribution in [2.75, 3.05) is 14.2 Å². The van der Waals surface area contributed by atoms with Crippen LogP contribution < -0.4 is 4.74 Å². The number of methoxy groups -OCH3 is 1. The summed E-state index contributed by atoms with van der Waals surface area (Å²) >= 11 is 0. The van der Waals surface area contributed by atoms with E-state index < -0.39 is 0 Å². The number of nitrogens with zero attached hydrogens (tertiary/aromatic N) is 4. The lowest BCUT2D eigenvalue weighted by Crippen LogP contribution is -2.26. The van der Waals surface area contributed by atoms with Crippen LogP contribution in [0.3, 0.4) is 0 Å². The molecule has 3 rings (SSSR count). The average Bonchev–Trinajstić information content (AvgIpc) is 2.67. The van der Waals surface area contributed by atoms with Crippen LogP contribution in [-0.4, -0.2) is 39.9 Å². The highest BCUT2D eigenvalue weighted by Gasteiger charge is 2.15. The molecule has 1 aromatic carbocycles. The van der Waals surface area contributed by atoms with Crippen LogP contribution in [0, 0.1) is 0 Å². The summed E-state index contributed by atoms with van der Waals surface area (Å²) in [6.07, 6.45) is 5.64. The van der Waals surface area contributed by atoms with Gasteiger partial charge < -0.3 is 9.64 Å². The van der Waals surface area contributed by atoms with Gasteiger partial charge in [-0.1, -0.05) is 19.1 Å². The van der Waals surface area contributed by atoms with E-state index in [9.17, 15) is 4.79 Å². The van der Waals surface area contributed by atoms with Crippen LogP contribution in [0.15, 0.2) is 42.9 Å². The van der Waals surface area contributed by atoms with Crippen molar-refractivity contribution < 1.29 is 9.53 Å². The Bertz CT molecular complexity index is 894. The average molecular weight is 336 g/mol. The van der Waals surface area contributed by atoms with Gasteiger partial charge in [0.25, 0.3) is 5.91 Å². The molecule has 0 bridgehead atoms. The molecular formula is C19H20N4O2. The van der Waals surface area contributed by atoms with E-state index in [1.165, 1.54) is 0 Å². The first-order valence-electron chi connectivity index (χ1n) is 8.11. The molecule has 3 aromatic rings. The Labute approximate surface area is 146 Å². The Morgan fingerprint density at radius 1 is 1.16 bits per heavy atom. The topological polar surface area (TPSA) is 68.2 Å². The SMILES string of the molecule is CCc1ncc(C(=O)N(C)Cc2ccc(OC)c3ncccc23)cn1. The van der Waals surface area contributed by atoms with Gasteiger partial charge in [-0.3, -0.25) is 9.78 Å². The number of hydrogen-bond acceptors (Lipinski definition) is 5. The number of aryl methyl sites for hydroxylation is 1. The Morgan fingerprint density at radius 3 is 2.60 bits per heavy atom. The highest BCUT2D eigenvalue weighted by molar-refractivity contribution is 5.94. The first kappa shape index (κ1) is 16.8. The summed E-state index contributed by atoms with van der Waals surface area (Å²) in [5, 5.41) is 0.971. The fraction of sp³-hybridized carbons (Fsp3) is 0.263. The molecule has 0 atom stereocenters. The van der Waals surface area contributed by atoms with Crippen molar-refractivity contribution in [1.29, 1.82) is 0 Å². The minimum atomic E-state index is -0.115. The molecule has 0 fully saturated rings. The lowest BCUT2D eigenvalue weighted by molar-refractivity contribution is 0.0784. The van der Waals surface area contributed by atoms with E-state index in [-0.39, 0.29) is 5.91 Å². The van der Waals surface area contributed by atoms with Crippen LogP contribution in [0.25, 0.3) is 10.9 Å². The molecule has 0 N–H and O–H groups in total. The molecule has 128 valence electrons. The number of carbonyl (C=O) groups excluding carboxylic acids is 1. The van der Waals surface area contributed by atoms with Crippen molar-refractivity contribution in [3.63, 3.8) is 0 Å². The maximum Gasteiger partial charge on any atom is 0.257 e. The fourth-order valence-electron chi connectivity index (χ4n) is 2.70. The highest BCUT2D eigenvalue weighted by Crippen LogP contribution is 2.27. The fourth-order valence-corrected chi connectivity index (χ4v) is 2.70. The molecule has 0 saturated heterocycles. The van der Waals surface area contributed by atoms with Crippen molar-refractivity contribution in [3.8, 4) is 5.75 Å². The van der Waals surface area contributed by atoms with Crippen molar-refractivity contribution >= 4 is 16.8 Å². The van der Waals surface area contributed by atoms with Crippen LogP contribution in [0.1, 0.15) is 28.7 Å². The van der Waals surface area contributed by atoms with E-state index >= 15 is 0 Å². The number of carbonyl (C=O) groups is 1. The Hall–Kier alpha value is -3.02. The van der Waals surface area contributed by atoms with Gasteiger partial charge in [0.2, 0.25) is 0 Å². The highest BCUT2D eigenvalue weighted by atomic mass is 16.5. The number of rotatable bonds is 5. The predicted molar refractivity (Wildman–Crippen MR) is 95.5 cm³/mol. The lowest BCUT2D eigenvalue weighted by Gasteiger charge is -2.19. The van der Waals surface area contributed by atoms with Crippen molar-refractivity contribution in [1.82, 2.24) is 19.9 Å². The van der Waals surface area contributed by atoms with Crippen LogP contribution in [-0.2, 0) is 13.0 Å². The van der Waals surface area contributed by atoms with Crippen LogP contribution in [0.2, 0.25) is 0 Å². The second-order valence-electron chi connectivity index (χ2n) is 5.73. The van der Waals surface area contributed by atoms with Gasteiger partial charge in [0.15, 0.2) is 0 Å². The molecule has 2 aromatic heterocycles. The lowest BCUT2D eigenvalue weighted by atomic mass is 10.1. The first-order valence-corrected chi connectivity index (χ1v) is 8.11. The van der Waals surface area contributed by atoms with Crippen LogP contribution >= 0.6 is 0 Å². The normalized spacial score (nSPS) is 10.7. The number of pyridine rings is 1. The van der Waals surface area contributed by atoms with Crippen molar-refractivity contribution in [2.24, 2.45) is 0 Å². The van der Waals surface area contributed by atoms with Crippen molar-refractivity contribution in [3.05, 3.63) is 59.8 Å². The molecule has 0 aliphatic heterocycles. The summed E-state index contributed by atoms with van der Waals surface area (Å²) in [4.78, 5) is 27.0. The van der Waals surface area contributed by atoms with Crippen LogP contribution in [0.5, 0.6) is 5.75 Å². The maximum absolute atomic E-state index is 12.6. The molecule has 1 amide bonds. The Balaban J connectivity index is 1.86. The molecule has 0 saturated carbocycles. The smallest absolute Gasteiger partial charge is 0.257 e. The molecule has 6 nitrogen and oxygen atoms in total. The third-order valence-electron chi connectivity index (χ3n) is 4.07. The van der Waals surface area contributed by atoms with Gasteiger partial charge in [-0.25, -0.2) is 9.97 Å². The third kappa shape index (κ3) is 3.42. The van der Waals surface area contributed by atoms with E-state index in [0.29, 0.717) is 12.1 Å². The molecule has 0 unspecified atom stereocenters.